The molecule has 6 nitrogen and oxygen atoms in total. The van der Waals surface area contributed by atoms with E-state index in [1.165, 1.54) is 0 Å². The molecule has 6 aliphatic heterocycles. The molecule has 0 aromatic heterocycles. The van der Waals surface area contributed by atoms with Crippen LogP contribution in [0.4, 0.5) is 0 Å². The van der Waals surface area contributed by atoms with E-state index in [1.807, 2.05) is 0 Å². The minimum Gasteiger partial charge on any atom is -0.375 e. The van der Waals surface area contributed by atoms with E-state index in [0.29, 0.717) is 0 Å². The van der Waals surface area contributed by atoms with Gasteiger partial charge in [-0.05, 0) is 77.0 Å². The van der Waals surface area contributed by atoms with Gasteiger partial charge >= 0.3 is 0 Å². The van der Waals surface area contributed by atoms with Crippen molar-refractivity contribution in [1.82, 2.24) is 0 Å². The van der Waals surface area contributed by atoms with E-state index in [4.69, 9.17) is 28.4 Å². The molecule has 0 aliphatic carbocycles. The van der Waals surface area contributed by atoms with Gasteiger partial charge in [0.2, 0.25) is 0 Å². The molecule has 6 heterocycles. The number of hydrogen-bond donors (Lipinski definition) is 0. The van der Waals surface area contributed by atoms with Crippen LogP contribution in [0.2, 0.25) is 0 Å². The van der Waals surface area contributed by atoms with E-state index in [2.05, 4.69) is 0 Å². The lowest BCUT2D eigenvalue weighted by molar-refractivity contribution is -0.335. The van der Waals surface area contributed by atoms with Crippen molar-refractivity contribution in [2.75, 3.05) is 39.6 Å². The monoisotopic (exact) mass is 422 g/mol. The molecular formula is C24H38O6. The molecule has 6 saturated heterocycles. The first-order valence-corrected chi connectivity index (χ1v) is 12.6. The number of hydrogen-bond acceptors (Lipinski definition) is 6. The van der Waals surface area contributed by atoms with Crippen molar-refractivity contribution in [3.8, 4) is 0 Å². The quantitative estimate of drug-likeness (QED) is 0.676. The third-order valence-corrected chi connectivity index (χ3v) is 9.07. The van der Waals surface area contributed by atoms with Gasteiger partial charge in [0.25, 0.3) is 0 Å². The normalized spacial score (nSPS) is 52.0. The average Bonchev–Trinajstić information content (AvgIpc) is 3.64. The third kappa shape index (κ3) is 2.52. The predicted molar refractivity (Wildman–Crippen MR) is 110 cm³/mol. The Morgan fingerprint density at radius 3 is 1.17 bits per heavy atom. The molecule has 0 spiro atoms. The van der Waals surface area contributed by atoms with Crippen LogP contribution in [0.3, 0.4) is 0 Å². The second kappa shape index (κ2) is 7.67. The van der Waals surface area contributed by atoms with Gasteiger partial charge in [-0.25, -0.2) is 0 Å². The standard InChI is InChI=1S/C24H38O6/c1-7-19(25-13-1)21(9-3-15-27-21)23(11-5-17-29-23)24(12-6-18-30-24)22(10-4-16-28-22)20-8-2-14-26-20/h19-20H,1-18H2/t19-,20-,21+,22+,23-,24-/m1/s1. The van der Waals surface area contributed by atoms with Crippen molar-refractivity contribution in [1.29, 1.82) is 0 Å². The van der Waals surface area contributed by atoms with Crippen LogP contribution >= 0.6 is 0 Å². The van der Waals surface area contributed by atoms with Crippen LogP contribution in [0.25, 0.3) is 0 Å². The second-order valence-electron chi connectivity index (χ2n) is 10.2. The molecule has 0 aromatic rings. The minimum atomic E-state index is -0.529. The predicted octanol–water partition coefficient (Wildman–Crippen LogP) is 3.54. The van der Waals surface area contributed by atoms with Crippen LogP contribution < -0.4 is 0 Å². The summed E-state index contributed by atoms with van der Waals surface area (Å²) in [5.41, 5.74) is -1.94. The van der Waals surface area contributed by atoms with Crippen molar-refractivity contribution in [3.05, 3.63) is 0 Å². The first kappa shape index (κ1) is 20.4. The molecule has 0 amide bonds. The molecule has 170 valence electrons. The van der Waals surface area contributed by atoms with Crippen LogP contribution in [0.15, 0.2) is 0 Å². The summed E-state index contributed by atoms with van der Waals surface area (Å²) in [5, 5.41) is 0. The zero-order valence-electron chi connectivity index (χ0n) is 18.3. The summed E-state index contributed by atoms with van der Waals surface area (Å²) in [5.74, 6) is 0. The lowest BCUT2D eigenvalue weighted by Crippen LogP contribution is -2.79. The van der Waals surface area contributed by atoms with Crippen LogP contribution in [-0.2, 0) is 28.4 Å². The Morgan fingerprint density at radius 1 is 0.433 bits per heavy atom. The van der Waals surface area contributed by atoms with Crippen LogP contribution in [0.1, 0.15) is 77.0 Å². The van der Waals surface area contributed by atoms with Gasteiger partial charge in [0.1, 0.15) is 22.4 Å². The van der Waals surface area contributed by atoms with Gasteiger partial charge in [0, 0.05) is 39.6 Å². The maximum atomic E-state index is 6.96. The van der Waals surface area contributed by atoms with Crippen molar-refractivity contribution < 1.29 is 28.4 Å². The summed E-state index contributed by atoms with van der Waals surface area (Å²) < 4.78 is 40.2. The summed E-state index contributed by atoms with van der Waals surface area (Å²) >= 11 is 0. The zero-order valence-corrected chi connectivity index (χ0v) is 18.3. The van der Waals surface area contributed by atoms with E-state index in [9.17, 15) is 0 Å². The van der Waals surface area contributed by atoms with Crippen molar-refractivity contribution >= 4 is 0 Å². The minimum absolute atomic E-state index is 0.0853. The summed E-state index contributed by atoms with van der Waals surface area (Å²) in [6, 6.07) is 0. The molecule has 0 aromatic carbocycles. The van der Waals surface area contributed by atoms with E-state index in [0.717, 1.165) is 117 Å². The summed E-state index contributed by atoms with van der Waals surface area (Å²) in [7, 11) is 0. The van der Waals surface area contributed by atoms with Crippen LogP contribution in [0.5, 0.6) is 0 Å². The highest BCUT2D eigenvalue weighted by Gasteiger charge is 2.78. The van der Waals surface area contributed by atoms with E-state index in [-0.39, 0.29) is 12.2 Å². The third-order valence-electron chi connectivity index (χ3n) is 9.07. The van der Waals surface area contributed by atoms with Crippen LogP contribution in [-0.4, -0.2) is 74.3 Å². The Morgan fingerprint density at radius 2 is 0.867 bits per heavy atom. The molecule has 6 rings (SSSR count). The van der Waals surface area contributed by atoms with Gasteiger partial charge in [-0.3, -0.25) is 0 Å². The Kier molecular flexibility index (Phi) is 5.21. The molecule has 6 aliphatic rings. The smallest absolute Gasteiger partial charge is 0.131 e. The molecule has 0 N–H and O–H groups in total. The highest BCUT2D eigenvalue weighted by molar-refractivity contribution is 5.28. The summed E-state index contributed by atoms with van der Waals surface area (Å²) in [6.07, 6.45) is 12.6. The maximum Gasteiger partial charge on any atom is 0.131 e. The van der Waals surface area contributed by atoms with E-state index >= 15 is 0 Å². The van der Waals surface area contributed by atoms with Gasteiger partial charge < -0.3 is 28.4 Å². The van der Waals surface area contributed by atoms with Crippen molar-refractivity contribution in [2.24, 2.45) is 0 Å². The molecule has 6 fully saturated rings. The molecule has 6 heteroatoms. The average molecular weight is 423 g/mol. The molecule has 30 heavy (non-hydrogen) atoms. The van der Waals surface area contributed by atoms with Crippen molar-refractivity contribution in [2.45, 2.75) is 112 Å². The largest absolute Gasteiger partial charge is 0.375 e. The first-order chi connectivity index (χ1) is 14.8. The van der Waals surface area contributed by atoms with E-state index < -0.39 is 22.4 Å². The number of rotatable bonds is 5. The Bertz CT molecular complexity index is 545. The molecular weight excluding hydrogens is 384 g/mol. The Hall–Kier alpha value is -0.240. The van der Waals surface area contributed by atoms with Gasteiger partial charge in [0.05, 0.1) is 12.2 Å². The zero-order chi connectivity index (χ0) is 20.1. The van der Waals surface area contributed by atoms with Gasteiger partial charge in [0.15, 0.2) is 0 Å². The highest BCUT2D eigenvalue weighted by atomic mass is 16.6. The fourth-order valence-corrected chi connectivity index (χ4v) is 8.15. The fraction of sp³-hybridized carbons (Fsp3) is 1.00. The van der Waals surface area contributed by atoms with Crippen molar-refractivity contribution in [3.63, 3.8) is 0 Å². The maximum absolute atomic E-state index is 6.96. The lowest BCUT2D eigenvalue weighted by Gasteiger charge is -2.61. The molecule has 6 atom stereocenters. The first-order valence-electron chi connectivity index (χ1n) is 12.6. The number of ether oxygens (including phenoxy) is 6. The van der Waals surface area contributed by atoms with E-state index in [1.54, 1.807) is 0 Å². The van der Waals surface area contributed by atoms with Gasteiger partial charge in [-0.2, -0.15) is 0 Å². The highest BCUT2D eigenvalue weighted by Crippen LogP contribution is 2.64. The summed E-state index contributed by atoms with van der Waals surface area (Å²) in [4.78, 5) is 0. The molecule has 0 radical (unpaired) electrons. The SMILES string of the molecule is C1CO[C@@H]([C@]2([C@@]3([C@]4([C@@]5([C@H]6CCCO6)CCCO5)CCCO4)CCCO3)CCCO2)C1. The summed E-state index contributed by atoms with van der Waals surface area (Å²) in [6.45, 7) is 4.76. The fourth-order valence-electron chi connectivity index (χ4n) is 8.15. The lowest BCUT2D eigenvalue weighted by atomic mass is 9.56. The van der Waals surface area contributed by atoms with Crippen LogP contribution in [0, 0.1) is 0 Å². The molecule has 0 saturated carbocycles. The topological polar surface area (TPSA) is 55.4 Å². The van der Waals surface area contributed by atoms with Gasteiger partial charge in [-0.1, -0.05) is 0 Å². The Labute approximate surface area is 180 Å². The second-order valence-corrected chi connectivity index (χ2v) is 10.2. The van der Waals surface area contributed by atoms with Gasteiger partial charge in [-0.15, -0.1) is 0 Å². The molecule has 0 bridgehead atoms. The molecule has 0 unspecified atom stereocenters. The Balaban J connectivity index is 1.52.